The average molecular weight is 672 g/mol. The molecule has 0 N–H and O–H groups in total. The molecule has 2 amide bonds. The molecule has 0 bridgehead atoms. The van der Waals surface area contributed by atoms with Gasteiger partial charge in [-0.3, -0.25) is 14.6 Å². The molecule has 0 saturated carbocycles. The SMILES string of the molecule is CCC[C@H]1N(C(=O)c2ncccc2C(F)(F)F)CCC[C@]1(Oc1csc(C(F)(F)F)c1)C(=O)N1CCc2cc(SC)ccc2C1. The molecule has 2 aliphatic heterocycles. The lowest BCUT2D eigenvalue weighted by atomic mass is 9.79. The molecule has 6 nitrogen and oxygen atoms in total. The number of likely N-dealkylation sites (tertiary alicyclic amines) is 1. The number of hydrogen-bond acceptors (Lipinski definition) is 6. The monoisotopic (exact) mass is 671 g/mol. The van der Waals surface area contributed by atoms with E-state index in [1.54, 1.807) is 23.6 Å². The van der Waals surface area contributed by atoms with Crippen LogP contribution >= 0.6 is 23.1 Å². The van der Waals surface area contributed by atoms with Gasteiger partial charge in [-0.1, -0.05) is 19.4 Å². The maximum absolute atomic E-state index is 14.7. The van der Waals surface area contributed by atoms with Gasteiger partial charge in [0.25, 0.3) is 11.8 Å². The summed E-state index contributed by atoms with van der Waals surface area (Å²) < 4.78 is 88.6. The van der Waals surface area contributed by atoms with Crippen molar-refractivity contribution >= 4 is 34.9 Å². The van der Waals surface area contributed by atoms with Crippen molar-refractivity contribution in [2.24, 2.45) is 0 Å². The van der Waals surface area contributed by atoms with Gasteiger partial charge in [0.15, 0.2) is 0 Å². The third kappa shape index (κ3) is 6.67. The van der Waals surface area contributed by atoms with Crippen LogP contribution in [0.3, 0.4) is 0 Å². The summed E-state index contributed by atoms with van der Waals surface area (Å²) in [6.07, 6.45) is -5.12. The van der Waals surface area contributed by atoms with Crippen molar-refractivity contribution in [3.63, 3.8) is 0 Å². The van der Waals surface area contributed by atoms with E-state index in [2.05, 4.69) is 11.1 Å². The van der Waals surface area contributed by atoms with Crippen LogP contribution in [-0.2, 0) is 30.1 Å². The van der Waals surface area contributed by atoms with Crippen LogP contribution < -0.4 is 4.74 Å². The van der Waals surface area contributed by atoms with Crippen LogP contribution in [0.2, 0.25) is 0 Å². The number of hydrogen-bond donors (Lipinski definition) is 0. The highest BCUT2D eigenvalue weighted by Gasteiger charge is 2.56. The highest BCUT2D eigenvalue weighted by molar-refractivity contribution is 7.98. The zero-order valence-electron chi connectivity index (χ0n) is 24.5. The van der Waals surface area contributed by atoms with Gasteiger partial charge in [-0.05, 0) is 60.9 Å². The second kappa shape index (κ2) is 12.9. The second-order valence-electron chi connectivity index (χ2n) is 11.1. The van der Waals surface area contributed by atoms with Gasteiger partial charge in [0.2, 0.25) is 5.60 Å². The summed E-state index contributed by atoms with van der Waals surface area (Å²) in [5.74, 6) is -1.72. The summed E-state index contributed by atoms with van der Waals surface area (Å²) in [5.41, 5.74) is -1.87. The number of thioether (sulfide) groups is 1. The summed E-state index contributed by atoms with van der Waals surface area (Å²) in [7, 11) is 0. The van der Waals surface area contributed by atoms with Crippen molar-refractivity contribution in [3.8, 4) is 5.75 Å². The second-order valence-corrected chi connectivity index (χ2v) is 12.8. The first-order chi connectivity index (χ1) is 21.3. The number of ether oxygens (including phenoxy) is 1. The molecule has 0 aliphatic carbocycles. The van der Waals surface area contributed by atoms with Crippen molar-refractivity contribution in [1.82, 2.24) is 14.8 Å². The lowest BCUT2D eigenvalue weighted by Gasteiger charge is -2.50. The molecule has 5 rings (SSSR count). The van der Waals surface area contributed by atoms with E-state index in [9.17, 15) is 35.9 Å². The molecule has 1 fully saturated rings. The Morgan fingerprint density at radius 3 is 2.53 bits per heavy atom. The summed E-state index contributed by atoms with van der Waals surface area (Å²) in [4.78, 5) is 35.3. The fourth-order valence-electron chi connectivity index (χ4n) is 6.17. The molecule has 1 saturated heterocycles. The molecule has 1 aromatic carbocycles. The first kappa shape index (κ1) is 33.1. The van der Waals surface area contributed by atoms with Gasteiger partial charge < -0.3 is 14.5 Å². The Balaban J connectivity index is 1.58. The number of carbonyl (C=O) groups excluding carboxylic acids is 2. The van der Waals surface area contributed by atoms with Crippen LogP contribution in [0.1, 0.15) is 64.7 Å². The molecule has 4 heterocycles. The van der Waals surface area contributed by atoms with Gasteiger partial charge in [-0.15, -0.1) is 23.1 Å². The quantitative estimate of drug-likeness (QED) is 0.190. The number of benzene rings is 1. The van der Waals surface area contributed by atoms with E-state index in [1.807, 2.05) is 18.4 Å². The van der Waals surface area contributed by atoms with Crippen LogP contribution in [0.5, 0.6) is 5.75 Å². The minimum atomic E-state index is -4.86. The first-order valence-electron chi connectivity index (χ1n) is 14.4. The Hall–Kier alpha value is -3.26. The van der Waals surface area contributed by atoms with Crippen LogP contribution in [0, 0.1) is 0 Å². The molecule has 0 spiro atoms. The highest BCUT2D eigenvalue weighted by Crippen LogP contribution is 2.43. The van der Waals surface area contributed by atoms with E-state index < -0.39 is 51.9 Å². The lowest BCUT2D eigenvalue weighted by Crippen LogP contribution is -2.68. The molecule has 0 radical (unpaired) electrons. The fourth-order valence-corrected chi connectivity index (χ4v) is 7.31. The zero-order chi connectivity index (χ0) is 32.6. The van der Waals surface area contributed by atoms with Gasteiger partial charge in [0.05, 0.1) is 11.6 Å². The predicted octanol–water partition coefficient (Wildman–Crippen LogP) is 7.71. The third-order valence-corrected chi connectivity index (χ3v) is 9.91. The molecule has 45 heavy (non-hydrogen) atoms. The molecule has 2 atom stereocenters. The third-order valence-electron chi connectivity index (χ3n) is 8.23. The zero-order valence-corrected chi connectivity index (χ0v) is 26.1. The minimum absolute atomic E-state index is 0.0213. The summed E-state index contributed by atoms with van der Waals surface area (Å²) in [6.45, 7) is 2.34. The van der Waals surface area contributed by atoms with Crippen molar-refractivity contribution in [2.45, 2.75) is 74.5 Å². The summed E-state index contributed by atoms with van der Waals surface area (Å²) in [6, 6.07) is 7.53. The maximum Gasteiger partial charge on any atom is 0.425 e. The predicted molar refractivity (Wildman–Crippen MR) is 158 cm³/mol. The number of nitrogens with zero attached hydrogens (tertiary/aromatic N) is 3. The number of fused-ring (bicyclic) bond motifs is 1. The van der Waals surface area contributed by atoms with Crippen molar-refractivity contribution in [3.05, 3.63) is 75.2 Å². The number of piperidine rings is 1. The van der Waals surface area contributed by atoms with Gasteiger partial charge in [0, 0.05) is 48.6 Å². The first-order valence-corrected chi connectivity index (χ1v) is 16.5. The largest absolute Gasteiger partial charge is 0.474 e. The maximum atomic E-state index is 14.7. The molecular formula is C31H31F6N3O3S2. The summed E-state index contributed by atoms with van der Waals surface area (Å²) in [5, 5.41) is 1.16. The van der Waals surface area contributed by atoms with Crippen LogP contribution in [0.25, 0.3) is 0 Å². The van der Waals surface area contributed by atoms with E-state index in [4.69, 9.17) is 4.74 Å². The number of carbonyl (C=O) groups is 2. The molecule has 3 aromatic rings. The Kier molecular flexibility index (Phi) is 9.46. The average Bonchev–Trinajstić information content (AvgIpc) is 3.49. The normalized spacial score (nSPS) is 20.6. The topological polar surface area (TPSA) is 62.7 Å². The number of amides is 2. The molecule has 2 aliphatic rings. The molecule has 14 heteroatoms. The van der Waals surface area contributed by atoms with Crippen LogP contribution in [0.4, 0.5) is 26.3 Å². The van der Waals surface area contributed by atoms with Crippen LogP contribution in [0.15, 0.2) is 52.9 Å². The molecule has 2 aromatic heterocycles. The van der Waals surface area contributed by atoms with E-state index in [0.29, 0.717) is 30.7 Å². The van der Waals surface area contributed by atoms with Gasteiger partial charge in [-0.25, -0.2) is 0 Å². The van der Waals surface area contributed by atoms with Gasteiger partial charge in [0.1, 0.15) is 16.3 Å². The number of rotatable bonds is 7. The number of thiophene rings is 1. The molecular weight excluding hydrogens is 640 g/mol. The minimum Gasteiger partial charge on any atom is -0.474 e. The van der Waals surface area contributed by atoms with Gasteiger partial charge in [-0.2, -0.15) is 26.3 Å². The van der Waals surface area contributed by atoms with E-state index in [-0.39, 0.29) is 38.1 Å². The lowest BCUT2D eigenvalue weighted by molar-refractivity contribution is -0.160. The van der Waals surface area contributed by atoms with Crippen molar-refractivity contribution < 1.29 is 40.7 Å². The fraction of sp³-hybridized carbons (Fsp3) is 0.452. The molecule has 242 valence electrons. The number of aromatic nitrogens is 1. The number of pyridine rings is 1. The number of halogens is 6. The Morgan fingerprint density at radius 2 is 1.87 bits per heavy atom. The van der Waals surface area contributed by atoms with Crippen molar-refractivity contribution in [2.75, 3.05) is 19.3 Å². The Bertz CT molecular complexity index is 1560. The van der Waals surface area contributed by atoms with E-state index in [1.165, 1.54) is 4.90 Å². The number of alkyl halides is 6. The van der Waals surface area contributed by atoms with Crippen molar-refractivity contribution in [1.29, 1.82) is 0 Å². The molecule has 0 unspecified atom stereocenters. The van der Waals surface area contributed by atoms with Crippen LogP contribution in [-0.4, -0.2) is 57.6 Å². The van der Waals surface area contributed by atoms with Gasteiger partial charge >= 0.3 is 12.4 Å². The highest BCUT2D eigenvalue weighted by atomic mass is 32.2. The smallest absolute Gasteiger partial charge is 0.425 e. The summed E-state index contributed by atoms with van der Waals surface area (Å²) >= 11 is 2.01. The Morgan fingerprint density at radius 1 is 1.09 bits per heavy atom. The Labute approximate surface area is 264 Å². The van der Waals surface area contributed by atoms with E-state index >= 15 is 0 Å². The standard InChI is InChI=1S/C31H31F6N3O3S2/c1-3-6-24-29(43-21-16-25(45-18-21)31(35,36)37,28(42)39-14-10-19-15-22(44-2)9-8-20(19)17-39)11-5-13-40(24)27(41)26-23(30(32,33)34)7-4-12-38-26/h4,7-9,12,15-16,18,24H,3,5-6,10-11,13-14,17H2,1-2H3/t24-,29-/m1/s1. The van der Waals surface area contributed by atoms with E-state index in [0.717, 1.165) is 45.8 Å².